The molecule has 0 aromatic heterocycles. The van der Waals surface area contributed by atoms with Crippen LogP contribution >= 0.6 is 0 Å². The second-order valence-electron chi connectivity index (χ2n) is 4.95. The Balaban J connectivity index is 1.98. The predicted molar refractivity (Wildman–Crippen MR) is 86.6 cm³/mol. The van der Waals surface area contributed by atoms with E-state index < -0.39 is 5.97 Å². The zero-order chi connectivity index (χ0) is 17.1. The van der Waals surface area contributed by atoms with Crippen LogP contribution in [0, 0.1) is 5.82 Å². The minimum absolute atomic E-state index is 0.126. The lowest BCUT2D eigenvalue weighted by atomic mass is 10.1. The highest BCUT2D eigenvalue weighted by molar-refractivity contribution is 6.12. The van der Waals surface area contributed by atoms with E-state index in [1.54, 1.807) is 31.4 Å². The number of benzene rings is 2. The fourth-order valence-corrected chi connectivity index (χ4v) is 2.22. The summed E-state index contributed by atoms with van der Waals surface area (Å²) in [5.74, 6) is 0.367. The summed E-state index contributed by atoms with van der Waals surface area (Å²) in [4.78, 5) is 16.2. The van der Waals surface area contributed by atoms with E-state index >= 15 is 0 Å². The van der Waals surface area contributed by atoms with Crippen molar-refractivity contribution in [3.63, 3.8) is 0 Å². The summed E-state index contributed by atoms with van der Waals surface area (Å²) in [6.45, 7) is 0. The van der Waals surface area contributed by atoms with Crippen LogP contribution in [0.2, 0.25) is 0 Å². The summed E-state index contributed by atoms with van der Waals surface area (Å²) in [6.07, 6.45) is 1.56. The van der Waals surface area contributed by atoms with Crippen molar-refractivity contribution < 1.29 is 23.4 Å². The Morgan fingerprint density at radius 1 is 1.08 bits per heavy atom. The number of hydrogen-bond acceptors (Lipinski definition) is 5. The molecule has 2 aromatic rings. The number of aliphatic imine (C=N–C) groups is 1. The molecule has 122 valence electrons. The molecule has 6 heteroatoms. The minimum Gasteiger partial charge on any atom is -0.497 e. The highest BCUT2D eigenvalue weighted by atomic mass is 19.1. The van der Waals surface area contributed by atoms with E-state index in [4.69, 9.17) is 14.2 Å². The van der Waals surface area contributed by atoms with Gasteiger partial charge < -0.3 is 14.2 Å². The van der Waals surface area contributed by atoms with E-state index in [0.29, 0.717) is 22.6 Å². The van der Waals surface area contributed by atoms with Crippen LogP contribution in [0.15, 0.2) is 53.2 Å². The Morgan fingerprint density at radius 3 is 2.50 bits per heavy atom. The molecule has 0 N–H and O–H groups in total. The normalized spacial score (nSPS) is 15.2. The summed E-state index contributed by atoms with van der Waals surface area (Å²) < 4.78 is 28.6. The van der Waals surface area contributed by atoms with Gasteiger partial charge in [-0.05, 0) is 48.5 Å². The lowest BCUT2D eigenvalue weighted by Crippen LogP contribution is -2.05. The van der Waals surface area contributed by atoms with Crippen LogP contribution in [0.4, 0.5) is 4.39 Å². The van der Waals surface area contributed by atoms with Gasteiger partial charge >= 0.3 is 5.97 Å². The van der Waals surface area contributed by atoms with Crippen LogP contribution in [-0.4, -0.2) is 26.1 Å². The minimum atomic E-state index is -0.584. The van der Waals surface area contributed by atoms with Crippen molar-refractivity contribution in [3.05, 3.63) is 65.1 Å². The Hall–Kier alpha value is -3.15. The molecule has 0 amide bonds. The predicted octanol–water partition coefficient (Wildman–Crippen LogP) is 3.19. The molecule has 0 saturated heterocycles. The molecular formula is C18H14FNO4. The smallest absolute Gasteiger partial charge is 0.363 e. The molecule has 0 radical (unpaired) electrons. The molecule has 24 heavy (non-hydrogen) atoms. The first-order chi connectivity index (χ1) is 11.6. The number of rotatable bonds is 4. The van der Waals surface area contributed by atoms with Crippen LogP contribution < -0.4 is 9.47 Å². The van der Waals surface area contributed by atoms with Crippen molar-refractivity contribution in [2.75, 3.05) is 14.2 Å². The van der Waals surface area contributed by atoms with Gasteiger partial charge in [0.1, 0.15) is 17.3 Å². The molecule has 0 unspecified atom stereocenters. The molecule has 2 aromatic carbocycles. The van der Waals surface area contributed by atoms with E-state index in [0.717, 1.165) is 0 Å². The van der Waals surface area contributed by atoms with Gasteiger partial charge in [0.25, 0.3) is 0 Å². The van der Waals surface area contributed by atoms with Crippen LogP contribution in [0.1, 0.15) is 11.1 Å². The molecule has 1 aliphatic heterocycles. The summed E-state index contributed by atoms with van der Waals surface area (Å²) in [5.41, 5.74) is 1.28. The number of methoxy groups -OCH3 is 2. The van der Waals surface area contributed by atoms with E-state index in [-0.39, 0.29) is 17.4 Å². The first kappa shape index (κ1) is 15.7. The van der Waals surface area contributed by atoms with Gasteiger partial charge in [0, 0.05) is 11.1 Å². The summed E-state index contributed by atoms with van der Waals surface area (Å²) in [5, 5.41) is 0. The Kier molecular flexibility index (Phi) is 4.29. The maximum atomic E-state index is 13.0. The number of carbonyl (C=O) groups excluding carboxylic acids is 1. The molecule has 5 nitrogen and oxygen atoms in total. The lowest BCUT2D eigenvalue weighted by molar-refractivity contribution is -0.129. The van der Waals surface area contributed by atoms with Gasteiger partial charge in [-0.1, -0.05) is 0 Å². The molecule has 1 heterocycles. The molecule has 0 bridgehead atoms. The molecule has 0 saturated carbocycles. The third kappa shape index (κ3) is 3.12. The molecule has 1 aliphatic rings. The number of ether oxygens (including phenoxy) is 3. The quantitative estimate of drug-likeness (QED) is 0.639. The average Bonchev–Trinajstić information content (AvgIpc) is 2.96. The maximum absolute atomic E-state index is 13.0. The third-order valence-electron chi connectivity index (χ3n) is 3.44. The molecule has 0 atom stereocenters. The average molecular weight is 327 g/mol. The topological polar surface area (TPSA) is 57.1 Å². The number of cyclic esters (lactones) is 1. The second kappa shape index (κ2) is 6.54. The summed E-state index contributed by atoms with van der Waals surface area (Å²) >= 11 is 0. The Bertz CT molecular complexity index is 841. The van der Waals surface area contributed by atoms with Crippen molar-refractivity contribution in [3.8, 4) is 11.5 Å². The van der Waals surface area contributed by atoms with Crippen LogP contribution in [0.5, 0.6) is 11.5 Å². The standard InChI is InChI=1S/C18H14FNO4/c1-22-14-7-8-16(23-2)12(9-14)10-15-18(21)24-17(20-15)11-3-5-13(19)6-4-11/h3-10H,1-2H3. The molecule has 0 aliphatic carbocycles. The van der Waals surface area contributed by atoms with E-state index in [1.165, 1.54) is 31.4 Å². The van der Waals surface area contributed by atoms with Gasteiger partial charge in [0.05, 0.1) is 14.2 Å². The van der Waals surface area contributed by atoms with Gasteiger partial charge in [-0.15, -0.1) is 0 Å². The Labute approximate surface area is 138 Å². The third-order valence-corrected chi connectivity index (χ3v) is 3.44. The fourth-order valence-electron chi connectivity index (χ4n) is 2.22. The largest absolute Gasteiger partial charge is 0.497 e. The van der Waals surface area contributed by atoms with Crippen LogP contribution in [0.3, 0.4) is 0 Å². The molecule has 0 spiro atoms. The number of hydrogen-bond donors (Lipinski definition) is 0. The fraction of sp³-hybridized carbons (Fsp3) is 0.111. The van der Waals surface area contributed by atoms with Crippen molar-refractivity contribution in [1.82, 2.24) is 0 Å². The maximum Gasteiger partial charge on any atom is 0.363 e. The van der Waals surface area contributed by atoms with Gasteiger partial charge in [-0.2, -0.15) is 0 Å². The monoisotopic (exact) mass is 327 g/mol. The molecular weight excluding hydrogens is 313 g/mol. The van der Waals surface area contributed by atoms with E-state index in [1.807, 2.05) is 0 Å². The van der Waals surface area contributed by atoms with Crippen molar-refractivity contribution in [2.24, 2.45) is 4.99 Å². The number of carbonyl (C=O) groups is 1. The number of esters is 1. The van der Waals surface area contributed by atoms with Crippen molar-refractivity contribution in [2.45, 2.75) is 0 Å². The lowest BCUT2D eigenvalue weighted by Gasteiger charge is -2.07. The van der Waals surface area contributed by atoms with Gasteiger partial charge in [0.2, 0.25) is 5.90 Å². The van der Waals surface area contributed by atoms with Gasteiger partial charge in [0.15, 0.2) is 5.70 Å². The highest BCUT2D eigenvalue weighted by Gasteiger charge is 2.24. The van der Waals surface area contributed by atoms with Crippen LogP contribution in [-0.2, 0) is 9.53 Å². The molecule has 0 fully saturated rings. The second-order valence-corrected chi connectivity index (χ2v) is 4.95. The molecule has 3 rings (SSSR count). The number of nitrogens with zero attached hydrogens (tertiary/aromatic N) is 1. The zero-order valence-electron chi connectivity index (χ0n) is 13.1. The first-order valence-corrected chi connectivity index (χ1v) is 7.11. The zero-order valence-corrected chi connectivity index (χ0v) is 13.1. The summed E-state index contributed by atoms with van der Waals surface area (Å²) in [7, 11) is 3.08. The SMILES string of the molecule is COc1ccc(OC)c(C=C2N=C(c3ccc(F)cc3)OC2=O)c1. The van der Waals surface area contributed by atoms with Crippen molar-refractivity contribution in [1.29, 1.82) is 0 Å². The van der Waals surface area contributed by atoms with E-state index in [2.05, 4.69) is 4.99 Å². The van der Waals surface area contributed by atoms with Gasteiger partial charge in [-0.25, -0.2) is 14.2 Å². The highest BCUT2D eigenvalue weighted by Crippen LogP contribution is 2.28. The number of halogens is 1. The Morgan fingerprint density at radius 2 is 1.83 bits per heavy atom. The van der Waals surface area contributed by atoms with Crippen LogP contribution in [0.25, 0.3) is 6.08 Å². The first-order valence-electron chi connectivity index (χ1n) is 7.11. The summed E-state index contributed by atoms with van der Waals surface area (Å²) in [6, 6.07) is 10.8. The van der Waals surface area contributed by atoms with Crippen molar-refractivity contribution >= 4 is 17.9 Å². The van der Waals surface area contributed by atoms with Gasteiger partial charge in [-0.3, -0.25) is 0 Å². The van der Waals surface area contributed by atoms with E-state index in [9.17, 15) is 9.18 Å².